The summed E-state index contributed by atoms with van der Waals surface area (Å²) in [6, 6.07) is 0. The molecule has 432 valence electrons. The van der Waals surface area contributed by atoms with E-state index in [1.165, 1.54) is 128 Å². The Labute approximate surface area is 469 Å². The summed E-state index contributed by atoms with van der Waals surface area (Å²) in [5, 5.41) is 0. The van der Waals surface area contributed by atoms with Gasteiger partial charge in [0.2, 0.25) is 0 Å². The summed E-state index contributed by atoms with van der Waals surface area (Å²) in [5.41, 5.74) is 0. The zero-order valence-electron chi connectivity index (χ0n) is 49.5. The van der Waals surface area contributed by atoms with E-state index in [1.54, 1.807) is 0 Å². The maximum absolute atomic E-state index is 12.9. The Morgan fingerprint density at radius 1 is 0.276 bits per heavy atom. The standard InChI is InChI=1S/C70H116O6/c1-4-7-10-13-16-19-22-25-27-29-31-32-33-34-35-36-37-38-39-41-42-45-48-51-54-57-60-63-69(72)75-66-67(65-74-68(71)62-59-56-53-50-47-44-24-21-18-15-12-9-6-3)76-70(73)64-61-58-55-52-49-46-43-40-30-28-26-23-20-17-14-11-8-5-2/h7,9-10,12,16,18-19,21,25,27,31-32,34-35,37-38,44,47,53,56,67H,4-6,8,11,13-15,17,20,22-24,26,28-30,33,36,39-43,45-46,48-52,54-55,57-66H2,1-3H3/b10-7-,12-9-,19-16-,21-18-,27-25-,32-31-,35-34-,38-37-,47-44-,56-53-. The minimum atomic E-state index is -0.812. The predicted octanol–water partition coefficient (Wildman–Crippen LogP) is 21.6. The number of carbonyl (C=O) groups is 3. The van der Waals surface area contributed by atoms with Gasteiger partial charge in [-0.2, -0.15) is 0 Å². The fourth-order valence-electron chi connectivity index (χ4n) is 8.58. The molecule has 0 radical (unpaired) electrons. The van der Waals surface area contributed by atoms with E-state index in [-0.39, 0.29) is 37.5 Å². The highest BCUT2D eigenvalue weighted by molar-refractivity contribution is 5.71. The van der Waals surface area contributed by atoms with Gasteiger partial charge < -0.3 is 14.2 Å². The lowest BCUT2D eigenvalue weighted by atomic mass is 10.0. The Balaban J connectivity index is 4.37. The van der Waals surface area contributed by atoms with Crippen LogP contribution in [0.2, 0.25) is 0 Å². The lowest BCUT2D eigenvalue weighted by Gasteiger charge is -2.18. The van der Waals surface area contributed by atoms with Crippen LogP contribution in [-0.2, 0) is 28.6 Å². The molecule has 0 saturated heterocycles. The first-order valence-corrected chi connectivity index (χ1v) is 31.5. The normalized spacial score (nSPS) is 12.9. The second-order valence-electron chi connectivity index (χ2n) is 20.6. The van der Waals surface area contributed by atoms with Crippen molar-refractivity contribution in [3.63, 3.8) is 0 Å². The van der Waals surface area contributed by atoms with Gasteiger partial charge in [0.05, 0.1) is 0 Å². The molecular weight excluding hydrogens is 937 g/mol. The van der Waals surface area contributed by atoms with Crippen LogP contribution in [0.5, 0.6) is 0 Å². The zero-order chi connectivity index (χ0) is 55.0. The highest BCUT2D eigenvalue weighted by atomic mass is 16.6. The van der Waals surface area contributed by atoms with Gasteiger partial charge in [0, 0.05) is 19.3 Å². The number of rotatable bonds is 56. The smallest absolute Gasteiger partial charge is 0.306 e. The van der Waals surface area contributed by atoms with Crippen LogP contribution >= 0.6 is 0 Å². The Morgan fingerprint density at radius 2 is 0.539 bits per heavy atom. The third-order valence-corrected chi connectivity index (χ3v) is 13.2. The molecule has 0 aliphatic rings. The average molecular weight is 1050 g/mol. The third-order valence-electron chi connectivity index (χ3n) is 13.2. The molecule has 76 heavy (non-hydrogen) atoms. The molecule has 1 unspecified atom stereocenters. The van der Waals surface area contributed by atoms with Crippen molar-refractivity contribution in [1.29, 1.82) is 0 Å². The van der Waals surface area contributed by atoms with Gasteiger partial charge in [-0.1, -0.05) is 290 Å². The number of unbranched alkanes of at least 4 members (excludes halogenated alkanes) is 25. The zero-order valence-corrected chi connectivity index (χ0v) is 49.5. The molecule has 0 bridgehead atoms. The average Bonchev–Trinajstić information content (AvgIpc) is 3.42. The summed E-state index contributed by atoms with van der Waals surface area (Å²) in [4.78, 5) is 38.2. The maximum atomic E-state index is 12.9. The van der Waals surface area contributed by atoms with Crippen LogP contribution in [0.3, 0.4) is 0 Å². The topological polar surface area (TPSA) is 78.9 Å². The van der Waals surface area contributed by atoms with Crippen molar-refractivity contribution in [3.05, 3.63) is 122 Å². The summed E-state index contributed by atoms with van der Waals surface area (Å²) in [7, 11) is 0. The van der Waals surface area contributed by atoms with Crippen LogP contribution in [0.15, 0.2) is 122 Å². The van der Waals surface area contributed by atoms with Crippen molar-refractivity contribution in [2.45, 2.75) is 290 Å². The molecule has 0 aromatic rings. The molecule has 0 aliphatic heterocycles. The van der Waals surface area contributed by atoms with Gasteiger partial charge in [-0.25, -0.2) is 0 Å². The molecule has 0 amide bonds. The minimum Gasteiger partial charge on any atom is -0.462 e. The van der Waals surface area contributed by atoms with E-state index in [0.717, 1.165) is 109 Å². The van der Waals surface area contributed by atoms with Crippen LogP contribution in [0.25, 0.3) is 0 Å². The van der Waals surface area contributed by atoms with E-state index in [2.05, 4.69) is 136 Å². The van der Waals surface area contributed by atoms with E-state index < -0.39 is 6.10 Å². The Bertz CT molecular complexity index is 1590. The lowest BCUT2D eigenvalue weighted by molar-refractivity contribution is -0.166. The van der Waals surface area contributed by atoms with Crippen LogP contribution in [-0.4, -0.2) is 37.2 Å². The molecule has 0 saturated carbocycles. The molecule has 0 rings (SSSR count). The van der Waals surface area contributed by atoms with E-state index >= 15 is 0 Å². The van der Waals surface area contributed by atoms with E-state index in [1.807, 2.05) is 6.08 Å². The highest BCUT2D eigenvalue weighted by Crippen LogP contribution is 2.16. The van der Waals surface area contributed by atoms with Crippen LogP contribution in [0, 0.1) is 0 Å². The summed E-state index contributed by atoms with van der Waals surface area (Å²) in [5.74, 6) is -0.991. The summed E-state index contributed by atoms with van der Waals surface area (Å²) in [6.07, 6.45) is 87.9. The van der Waals surface area contributed by atoms with Gasteiger partial charge in [-0.15, -0.1) is 0 Å². The van der Waals surface area contributed by atoms with E-state index in [9.17, 15) is 14.4 Å². The van der Waals surface area contributed by atoms with Crippen molar-refractivity contribution in [2.24, 2.45) is 0 Å². The van der Waals surface area contributed by atoms with Crippen LogP contribution < -0.4 is 0 Å². The molecule has 0 aliphatic carbocycles. The first-order valence-electron chi connectivity index (χ1n) is 31.5. The largest absolute Gasteiger partial charge is 0.462 e. The van der Waals surface area contributed by atoms with Crippen LogP contribution in [0.4, 0.5) is 0 Å². The fourth-order valence-corrected chi connectivity index (χ4v) is 8.58. The Kier molecular flexibility index (Phi) is 59.9. The second kappa shape index (κ2) is 63.3. The molecule has 0 aromatic carbocycles. The van der Waals surface area contributed by atoms with Crippen molar-refractivity contribution in [2.75, 3.05) is 13.2 Å². The van der Waals surface area contributed by atoms with E-state index in [0.29, 0.717) is 19.3 Å². The summed E-state index contributed by atoms with van der Waals surface area (Å²) < 4.78 is 16.8. The fraction of sp³-hybridized carbons (Fsp3) is 0.671. The van der Waals surface area contributed by atoms with Crippen molar-refractivity contribution in [1.82, 2.24) is 0 Å². The number of hydrogen-bond acceptors (Lipinski definition) is 6. The summed E-state index contributed by atoms with van der Waals surface area (Å²) >= 11 is 0. The van der Waals surface area contributed by atoms with Crippen molar-refractivity contribution >= 4 is 17.9 Å². The van der Waals surface area contributed by atoms with Gasteiger partial charge in [-0.05, 0) is 96.3 Å². The van der Waals surface area contributed by atoms with Crippen LogP contribution in [0.1, 0.15) is 284 Å². The molecular formula is C70H116O6. The van der Waals surface area contributed by atoms with Crippen molar-refractivity contribution in [3.8, 4) is 0 Å². The first kappa shape index (κ1) is 71.8. The molecule has 0 aromatic heterocycles. The van der Waals surface area contributed by atoms with Crippen molar-refractivity contribution < 1.29 is 28.6 Å². The number of carbonyl (C=O) groups excluding carboxylic acids is 3. The molecule has 0 N–H and O–H groups in total. The molecule has 6 heteroatoms. The molecule has 0 fully saturated rings. The molecule has 6 nitrogen and oxygen atoms in total. The van der Waals surface area contributed by atoms with E-state index in [4.69, 9.17) is 14.2 Å². The van der Waals surface area contributed by atoms with Gasteiger partial charge in [0.15, 0.2) is 6.10 Å². The molecule has 0 spiro atoms. The van der Waals surface area contributed by atoms with Gasteiger partial charge in [-0.3, -0.25) is 14.4 Å². The third kappa shape index (κ3) is 60.7. The maximum Gasteiger partial charge on any atom is 0.306 e. The first-order chi connectivity index (χ1) is 37.5. The Hall–Kier alpha value is -4.19. The predicted molar refractivity (Wildman–Crippen MR) is 330 cm³/mol. The quantitative estimate of drug-likeness (QED) is 0.0261. The highest BCUT2D eigenvalue weighted by Gasteiger charge is 2.19. The Morgan fingerprint density at radius 3 is 0.882 bits per heavy atom. The second-order valence-corrected chi connectivity index (χ2v) is 20.6. The molecule has 0 heterocycles. The summed E-state index contributed by atoms with van der Waals surface area (Å²) in [6.45, 7) is 6.36. The van der Waals surface area contributed by atoms with Gasteiger partial charge >= 0.3 is 17.9 Å². The number of allylic oxidation sites excluding steroid dienone is 20. The number of esters is 3. The number of hydrogen-bond donors (Lipinski definition) is 0. The van der Waals surface area contributed by atoms with Gasteiger partial charge in [0.25, 0.3) is 0 Å². The number of ether oxygens (including phenoxy) is 3. The SMILES string of the molecule is CC/C=C\C/C=C\C/C=C\C/C=C\C/C=C\C/C=C\CCCCCCCCCCC(=O)OCC(COC(=O)CC/C=C\C/C=C\C/C=C\C/C=C\CC)OC(=O)CCCCCCCCCCCCCCCCCCCC. The van der Waals surface area contributed by atoms with Gasteiger partial charge in [0.1, 0.15) is 13.2 Å². The monoisotopic (exact) mass is 1050 g/mol. The lowest BCUT2D eigenvalue weighted by Crippen LogP contribution is -2.30. The molecule has 1 atom stereocenters. The minimum absolute atomic E-state index is 0.105.